The van der Waals surface area contributed by atoms with E-state index in [1.54, 1.807) is 12.1 Å². The van der Waals surface area contributed by atoms with Crippen molar-refractivity contribution in [3.8, 4) is 0 Å². The summed E-state index contributed by atoms with van der Waals surface area (Å²) in [5.74, 6) is -0.261. The largest absolute Gasteiger partial charge is 0.371 e. The van der Waals surface area contributed by atoms with Gasteiger partial charge in [0.2, 0.25) is 10.0 Å². The second-order valence-corrected chi connectivity index (χ2v) is 9.64. The number of carbonyl (C=O) groups excluding carboxylic acids is 1. The van der Waals surface area contributed by atoms with Crippen LogP contribution in [0, 0.1) is 0 Å². The van der Waals surface area contributed by atoms with Gasteiger partial charge in [-0.25, -0.2) is 8.42 Å². The zero-order valence-corrected chi connectivity index (χ0v) is 18.3. The molecule has 8 heteroatoms. The number of amides is 1. The van der Waals surface area contributed by atoms with E-state index in [2.05, 4.69) is 34.5 Å². The van der Waals surface area contributed by atoms with Crippen LogP contribution in [0.25, 0.3) is 0 Å². The number of carbonyl (C=O) groups is 1. The molecule has 1 heterocycles. The molecule has 0 aromatic heterocycles. The Morgan fingerprint density at radius 3 is 2.72 bits per heavy atom. The first-order valence-corrected chi connectivity index (χ1v) is 11.8. The molecule has 0 bridgehead atoms. The third-order valence-corrected chi connectivity index (χ3v) is 6.67. The summed E-state index contributed by atoms with van der Waals surface area (Å²) in [7, 11) is -1.94. The van der Waals surface area contributed by atoms with Crippen LogP contribution in [0.1, 0.15) is 28.8 Å². The molecule has 2 aromatic rings. The summed E-state index contributed by atoms with van der Waals surface area (Å²) < 4.78 is 24.4. The molecule has 1 aliphatic heterocycles. The van der Waals surface area contributed by atoms with Gasteiger partial charge in [-0.15, -0.1) is 0 Å². The number of hydrogen-bond acceptors (Lipinski definition) is 4. The van der Waals surface area contributed by atoms with E-state index in [1.165, 1.54) is 24.4 Å². The quantitative estimate of drug-likeness (QED) is 0.677. The van der Waals surface area contributed by atoms with E-state index in [1.807, 2.05) is 0 Å². The first kappa shape index (κ1) is 21.5. The van der Waals surface area contributed by atoms with E-state index < -0.39 is 10.0 Å². The maximum absolute atomic E-state index is 12.5. The average molecular weight is 436 g/mol. The van der Waals surface area contributed by atoms with Crippen LogP contribution in [0.2, 0.25) is 5.02 Å². The fourth-order valence-corrected chi connectivity index (χ4v) is 4.24. The van der Waals surface area contributed by atoms with Gasteiger partial charge < -0.3 is 10.2 Å². The molecule has 1 amide bonds. The van der Waals surface area contributed by atoms with Crippen LogP contribution >= 0.6 is 11.6 Å². The zero-order valence-electron chi connectivity index (χ0n) is 16.7. The minimum atomic E-state index is -3.39. The van der Waals surface area contributed by atoms with Crippen LogP contribution in [0.5, 0.6) is 0 Å². The number of sulfonamides is 1. The van der Waals surface area contributed by atoms with Crippen LogP contribution < -0.4 is 14.5 Å². The Morgan fingerprint density at radius 1 is 1.24 bits per heavy atom. The monoisotopic (exact) mass is 435 g/mol. The lowest BCUT2D eigenvalue weighted by atomic mass is 10.0. The molecule has 3 rings (SSSR count). The molecule has 0 saturated heterocycles. The number of nitrogens with one attached hydrogen (secondary N) is 1. The van der Waals surface area contributed by atoms with Gasteiger partial charge in [0.1, 0.15) is 0 Å². The van der Waals surface area contributed by atoms with Crippen molar-refractivity contribution in [3.63, 3.8) is 0 Å². The number of anilines is 2. The molecule has 1 N–H and O–H groups in total. The van der Waals surface area contributed by atoms with Crippen LogP contribution in [-0.4, -0.2) is 47.3 Å². The van der Waals surface area contributed by atoms with Crippen LogP contribution in [-0.2, 0) is 16.4 Å². The molecular formula is C21H26ClN3O3S. The molecule has 0 fully saturated rings. The molecule has 0 aliphatic carbocycles. The summed E-state index contributed by atoms with van der Waals surface area (Å²) in [4.78, 5) is 14.8. The highest BCUT2D eigenvalue weighted by atomic mass is 35.5. The van der Waals surface area contributed by atoms with E-state index >= 15 is 0 Å². The zero-order chi connectivity index (χ0) is 21.0. The Kier molecular flexibility index (Phi) is 6.70. The second-order valence-electron chi connectivity index (χ2n) is 7.22. The molecule has 1 aliphatic rings. The van der Waals surface area contributed by atoms with Crippen LogP contribution in [0.15, 0.2) is 42.5 Å². The van der Waals surface area contributed by atoms with Gasteiger partial charge in [-0.2, -0.15) is 0 Å². The number of fused-ring (bicyclic) bond motifs is 1. The van der Waals surface area contributed by atoms with Crippen molar-refractivity contribution >= 4 is 38.9 Å². The fraction of sp³-hybridized carbons (Fsp3) is 0.381. The lowest BCUT2D eigenvalue weighted by Crippen LogP contribution is -2.33. The molecule has 0 atom stereocenters. The summed E-state index contributed by atoms with van der Waals surface area (Å²) in [6.07, 6.45) is 4.20. The van der Waals surface area contributed by atoms with E-state index in [0.717, 1.165) is 42.9 Å². The molecule has 2 aromatic carbocycles. The van der Waals surface area contributed by atoms with Gasteiger partial charge in [-0.05, 0) is 49.1 Å². The summed E-state index contributed by atoms with van der Waals surface area (Å²) in [6, 6.07) is 13.1. The number of halogens is 1. The standard InChI is InChI=1S/C21H26ClN3O3S/c1-24(29(2,27)28)17-10-11-18(19(22)15-17)21(26)23-12-6-14-25-13-5-8-16-7-3-4-9-20(16)25/h3-4,7,9-11,15H,5-6,8,12-14H2,1-2H3,(H,23,26). The number of aryl methyl sites for hydroxylation is 1. The molecule has 0 radical (unpaired) electrons. The summed E-state index contributed by atoms with van der Waals surface area (Å²) >= 11 is 6.22. The maximum Gasteiger partial charge on any atom is 0.252 e. The predicted octanol–water partition coefficient (Wildman–Crippen LogP) is 3.31. The van der Waals surface area contributed by atoms with Gasteiger partial charge in [-0.3, -0.25) is 9.10 Å². The Balaban J connectivity index is 1.54. The Bertz CT molecular complexity index is 994. The van der Waals surface area contributed by atoms with Crippen LogP contribution in [0.3, 0.4) is 0 Å². The van der Waals surface area contributed by atoms with E-state index in [9.17, 15) is 13.2 Å². The summed E-state index contributed by atoms with van der Waals surface area (Å²) in [5, 5.41) is 3.12. The fourth-order valence-electron chi connectivity index (χ4n) is 3.49. The third kappa shape index (κ3) is 5.22. The average Bonchev–Trinajstić information content (AvgIpc) is 2.69. The highest BCUT2D eigenvalue weighted by Gasteiger charge is 2.17. The van der Waals surface area contributed by atoms with E-state index in [4.69, 9.17) is 11.6 Å². The van der Waals surface area contributed by atoms with Gasteiger partial charge in [0, 0.05) is 32.4 Å². The van der Waals surface area contributed by atoms with Crippen molar-refractivity contribution < 1.29 is 13.2 Å². The lowest BCUT2D eigenvalue weighted by molar-refractivity contribution is 0.0953. The first-order valence-electron chi connectivity index (χ1n) is 9.62. The van der Waals surface area contributed by atoms with Gasteiger partial charge in [0.05, 0.1) is 22.5 Å². The minimum absolute atomic E-state index is 0.223. The number of benzene rings is 2. The van der Waals surface area contributed by atoms with Crippen molar-refractivity contribution in [2.75, 3.05) is 42.1 Å². The van der Waals surface area contributed by atoms with Crippen molar-refractivity contribution in [2.45, 2.75) is 19.3 Å². The summed E-state index contributed by atoms with van der Waals surface area (Å²) in [6.45, 7) is 2.45. The van der Waals surface area contributed by atoms with Crippen molar-refractivity contribution in [3.05, 3.63) is 58.6 Å². The van der Waals surface area contributed by atoms with Gasteiger partial charge in [0.25, 0.3) is 5.91 Å². The molecule has 156 valence electrons. The van der Waals surface area contributed by atoms with Gasteiger partial charge in [-0.1, -0.05) is 29.8 Å². The Hall–Kier alpha value is -2.25. The summed E-state index contributed by atoms with van der Waals surface area (Å²) in [5.41, 5.74) is 3.42. The highest BCUT2D eigenvalue weighted by molar-refractivity contribution is 7.92. The number of rotatable bonds is 7. The molecule has 0 spiro atoms. The normalized spacial score (nSPS) is 13.7. The Morgan fingerprint density at radius 2 is 2.00 bits per heavy atom. The second kappa shape index (κ2) is 9.05. The maximum atomic E-state index is 12.5. The molecule has 0 unspecified atom stereocenters. The Labute approximate surface area is 177 Å². The molecule has 6 nitrogen and oxygen atoms in total. The minimum Gasteiger partial charge on any atom is -0.371 e. The number of hydrogen-bond donors (Lipinski definition) is 1. The topological polar surface area (TPSA) is 69.7 Å². The molecule has 29 heavy (non-hydrogen) atoms. The SMILES string of the molecule is CN(c1ccc(C(=O)NCCCN2CCCc3ccccc32)c(Cl)c1)S(C)(=O)=O. The predicted molar refractivity (Wildman–Crippen MR) is 119 cm³/mol. The number of nitrogens with zero attached hydrogens (tertiary/aromatic N) is 2. The first-order chi connectivity index (χ1) is 13.8. The van der Waals surface area contributed by atoms with Crippen molar-refractivity contribution in [1.29, 1.82) is 0 Å². The molecular weight excluding hydrogens is 410 g/mol. The molecule has 0 saturated carbocycles. The van der Waals surface area contributed by atoms with Crippen LogP contribution in [0.4, 0.5) is 11.4 Å². The van der Waals surface area contributed by atoms with E-state index in [0.29, 0.717) is 17.8 Å². The third-order valence-electron chi connectivity index (χ3n) is 5.16. The smallest absolute Gasteiger partial charge is 0.252 e. The highest BCUT2D eigenvalue weighted by Crippen LogP contribution is 2.27. The van der Waals surface area contributed by atoms with Crippen molar-refractivity contribution in [2.24, 2.45) is 0 Å². The van der Waals surface area contributed by atoms with Gasteiger partial charge in [0.15, 0.2) is 0 Å². The number of para-hydroxylation sites is 1. The van der Waals surface area contributed by atoms with Crippen molar-refractivity contribution in [1.82, 2.24) is 5.32 Å². The lowest BCUT2D eigenvalue weighted by Gasteiger charge is -2.31. The van der Waals surface area contributed by atoms with Gasteiger partial charge >= 0.3 is 0 Å². The van der Waals surface area contributed by atoms with E-state index in [-0.39, 0.29) is 10.9 Å².